The molecule has 0 radical (unpaired) electrons. The Morgan fingerprint density at radius 1 is 1.58 bits per heavy atom. The van der Waals surface area contributed by atoms with Crippen molar-refractivity contribution in [3.63, 3.8) is 0 Å². The van der Waals surface area contributed by atoms with Crippen LogP contribution < -0.4 is 0 Å². The molecule has 0 bridgehead atoms. The zero-order valence-electron chi connectivity index (χ0n) is 6.91. The van der Waals surface area contributed by atoms with Crippen molar-refractivity contribution in [2.45, 2.75) is 19.0 Å². The van der Waals surface area contributed by atoms with Crippen LogP contribution in [0.25, 0.3) is 0 Å². The molecule has 12 heavy (non-hydrogen) atoms. The molecule has 0 saturated carbocycles. The molecule has 0 aromatic heterocycles. The van der Waals surface area contributed by atoms with E-state index in [1.807, 2.05) is 0 Å². The molecule has 0 aliphatic carbocycles. The molecule has 0 aromatic rings. The highest BCUT2D eigenvalue weighted by Crippen LogP contribution is 2.57. The quantitative estimate of drug-likeness (QED) is 0.614. The second kappa shape index (κ2) is 3.87. The van der Waals surface area contributed by atoms with E-state index >= 15 is 0 Å². The van der Waals surface area contributed by atoms with E-state index < -0.39 is 18.7 Å². The number of carbonyl (C=O) groups excluding carboxylic acids is 1. The number of methoxy groups -OCH3 is 1. The molecule has 0 spiro atoms. The maximum absolute atomic E-state index is 11.2. The lowest BCUT2D eigenvalue weighted by atomic mass is 10.2. The third-order valence-electron chi connectivity index (χ3n) is 1.48. The predicted octanol–water partition coefficient (Wildman–Crippen LogP) is 1.45. The smallest absolute Gasteiger partial charge is 0.355 e. The van der Waals surface area contributed by atoms with E-state index in [0.717, 1.165) is 7.11 Å². The molecule has 72 valence electrons. The second-order valence-corrected chi connectivity index (χ2v) is 5.81. The maximum Gasteiger partial charge on any atom is 0.355 e. The Bertz CT molecular complexity index is 226. The van der Waals surface area contributed by atoms with E-state index in [2.05, 4.69) is 24.6 Å². The third kappa shape index (κ3) is 2.07. The molecular formula is C5H10BrO5P. The summed E-state index contributed by atoms with van der Waals surface area (Å²) in [6, 6.07) is 0. The van der Waals surface area contributed by atoms with E-state index in [-0.39, 0.29) is 0 Å². The van der Waals surface area contributed by atoms with Gasteiger partial charge in [0.25, 0.3) is 0 Å². The summed E-state index contributed by atoms with van der Waals surface area (Å²) >= 11 is 2.38. The van der Waals surface area contributed by atoms with Gasteiger partial charge in [-0.05, 0) is 13.8 Å². The van der Waals surface area contributed by atoms with Crippen molar-refractivity contribution in [3.05, 3.63) is 0 Å². The van der Waals surface area contributed by atoms with Gasteiger partial charge in [0.05, 0.1) is 7.11 Å². The first-order chi connectivity index (χ1) is 5.29. The summed E-state index contributed by atoms with van der Waals surface area (Å²) in [5.74, 6) is -0.798. The van der Waals surface area contributed by atoms with Crippen LogP contribution in [0.5, 0.6) is 0 Å². The molecule has 0 heterocycles. The van der Waals surface area contributed by atoms with Crippen LogP contribution in [0.15, 0.2) is 0 Å². The molecular weight excluding hydrogens is 251 g/mol. The van der Waals surface area contributed by atoms with Crippen molar-refractivity contribution < 1.29 is 22.6 Å². The fraction of sp³-hybridized carbons (Fsp3) is 0.800. The summed E-state index contributed by atoms with van der Waals surface area (Å²) in [6.45, 7) is 2.53. The monoisotopic (exact) mass is 260 g/mol. The Hall–Kier alpha value is 0.100. The Labute approximate surface area is 79.0 Å². The van der Waals surface area contributed by atoms with Crippen LogP contribution in [0, 0.1) is 0 Å². The van der Waals surface area contributed by atoms with Crippen LogP contribution in [-0.2, 0) is 17.7 Å². The minimum atomic E-state index is -4.01. The lowest BCUT2D eigenvalue weighted by molar-refractivity contribution is -0.143. The summed E-state index contributed by atoms with van der Waals surface area (Å²) < 4.78 is 19.7. The zero-order chi connectivity index (χ0) is 9.99. The summed E-state index contributed by atoms with van der Waals surface area (Å²) in [6.07, 6.45) is 0. The third-order valence-corrected chi connectivity index (χ3v) is 4.44. The Kier molecular flexibility index (Phi) is 3.90. The molecule has 1 N–H and O–H groups in total. The lowest BCUT2D eigenvalue weighted by Crippen LogP contribution is -2.32. The maximum atomic E-state index is 11.2. The number of halogens is 1. The van der Waals surface area contributed by atoms with Gasteiger partial charge in [-0.15, -0.1) is 0 Å². The van der Waals surface area contributed by atoms with Crippen molar-refractivity contribution in [1.82, 2.24) is 0 Å². The average molecular weight is 261 g/mol. The van der Waals surface area contributed by atoms with Gasteiger partial charge < -0.3 is 9.63 Å². The molecule has 1 unspecified atom stereocenters. The molecule has 1 atom stereocenters. The summed E-state index contributed by atoms with van der Waals surface area (Å²) in [4.78, 5) is 20.1. The van der Waals surface area contributed by atoms with Gasteiger partial charge in [-0.25, -0.2) is 3.62 Å². The summed E-state index contributed by atoms with van der Waals surface area (Å²) in [7, 11) is -2.87. The SMILES string of the molecule is COC(=O)C(C)(C)P(=O)(O)OBr. The lowest BCUT2D eigenvalue weighted by Gasteiger charge is -2.23. The highest BCUT2D eigenvalue weighted by atomic mass is 79.9. The molecule has 0 amide bonds. The van der Waals surface area contributed by atoms with Crippen LogP contribution in [0.4, 0.5) is 0 Å². The number of ether oxygens (including phenoxy) is 1. The van der Waals surface area contributed by atoms with E-state index in [1.165, 1.54) is 13.8 Å². The fourth-order valence-corrected chi connectivity index (χ4v) is 2.03. The normalized spacial score (nSPS) is 16.8. The first kappa shape index (κ1) is 12.1. The van der Waals surface area contributed by atoms with Gasteiger partial charge in [-0.3, -0.25) is 9.36 Å². The van der Waals surface area contributed by atoms with E-state index in [0.29, 0.717) is 0 Å². The van der Waals surface area contributed by atoms with Crippen molar-refractivity contribution in [3.8, 4) is 0 Å². The van der Waals surface area contributed by atoms with Gasteiger partial charge in [-0.1, -0.05) is 0 Å². The van der Waals surface area contributed by atoms with Crippen LogP contribution >= 0.6 is 23.9 Å². The van der Waals surface area contributed by atoms with Crippen molar-refractivity contribution in [2.24, 2.45) is 0 Å². The first-order valence-electron chi connectivity index (χ1n) is 3.01. The molecule has 7 heteroatoms. The van der Waals surface area contributed by atoms with E-state index in [1.54, 1.807) is 0 Å². The van der Waals surface area contributed by atoms with Crippen molar-refractivity contribution in [2.75, 3.05) is 7.11 Å². The van der Waals surface area contributed by atoms with E-state index in [4.69, 9.17) is 4.89 Å². The van der Waals surface area contributed by atoms with Gasteiger partial charge in [0, 0.05) is 0 Å². The molecule has 0 aliphatic rings. The van der Waals surface area contributed by atoms with Crippen LogP contribution in [0.1, 0.15) is 13.8 Å². The molecule has 5 nitrogen and oxygen atoms in total. The Morgan fingerprint density at radius 2 is 2.00 bits per heavy atom. The summed E-state index contributed by atoms with van der Waals surface area (Å²) in [5, 5.41) is -1.56. The molecule has 0 saturated heterocycles. The van der Waals surface area contributed by atoms with Crippen LogP contribution in [0.2, 0.25) is 0 Å². The van der Waals surface area contributed by atoms with Gasteiger partial charge in [0.15, 0.2) is 5.16 Å². The second-order valence-electron chi connectivity index (χ2n) is 2.64. The molecule has 0 aromatic carbocycles. The predicted molar refractivity (Wildman–Crippen MR) is 45.9 cm³/mol. The van der Waals surface area contributed by atoms with Crippen LogP contribution in [-0.4, -0.2) is 23.1 Å². The van der Waals surface area contributed by atoms with Gasteiger partial charge in [-0.2, -0.15) is 0 Å². The zero-order valence-corrected chi connectivity index (χ0v) is 9.39. The summed E-state index contributed by atoms with van der Waals surface area (Å²) in [5.41, 5.74) is 0. The number of esters is 1. The number of hydrogen-bond acceptors (Lipinski definition) is 4. The molecule has 0 rings (SSSR count). The van der Waals surface area contributed by atoms with E-state index in [9.17, 15) is 9.36 Å². The topological polar surface area (TPSA) is 72.8 Å². The van der Waals surface area contributed by atoms with Gasteiger partial charge >= 0.3 is 13.6 Å². The minimum Gasteiger partial charge on any atom is -0.468 e. The highest BCUT2D eigenvalue weighted by Gasteiger charge is 2.48. The molecule has 0 aliphatic heterocycles. The Morgan fingerprint density at radius 3 is 2.25 bits per heavy atom. The van der Waals surface area contributed by atoms with Gasteiger partial charge in [0.1, 0.15) is 16.3 Å². The standard InChI is InChI=1S/C5H10BrO5P/c1-5(2,4(7)10-3)12(8,9)11-6/h1-3H3,(H,8,9). The largest absolute Gasteiger partial charge is 0.468 e. The number of carbonyl (C=O) groups is 1. The van der Waals surface area contributed by atoms with Crippen LogP contribution in [0.3, 0.4) is 0 Å². The molecule has 0 fully saturated rings. The number of hydrogen-bond donors (Lipinski definition) is 1. The average Bonchev–Trinajstić information content (AvgIpc) is 2.02. The minimum absolute atomic E-state index is 0.798. The number of rotatable bonds is 3. The first-order valence-corrected chi connectivity index (χ1v) is 5.23. The highest BCUT2D eigenvalue weighted by molar-refractivity contribution is 9.06. The fourth-order valence-electron chi connectivity index (χ4n) is 0.451. The Balaban J connectivity index is 4.84. The van der Waals surface area contributed by atoms with Crippen molar-refractivity contribution in [1.29, 1.82) is 0 Å². The van der Waals surface area contributed by atoms with Crippen molar-refractivity contribution >= 4 is 29.8 Å². The van der Waals surface area contributed by atoms with Gasteiger partial charge in [0.2, 0.25) is 0 Å².